The molecule has 2 aromatic heterocycles. The molecular weight excluding hydrogens is 249 g/mol. The van der Waals surface area contributed by atoms with Gasteiger partial charge in [0.25, 0.3) is 0 Å². The number of imidazole rings is 1. The molecule has 0 unspecified atom stereocenters. The number of hydrogen-bond acceptors (Lipinski definition) is 3. The van der Waals surface area contributed by atoms with Crippen LogP contribution >= 0.6 is 11.8 Å². The van der Waals surface area contributed by atoms with Crippen LogP contribution in [-0.2, 0) is 0 Å². The van der Waals surface area contributed by atoms with Gasteiger partial charge in [-0.1, -0.05) is 0 Å². The summed E-state index contributed by atoms with van der Waals surface area (Å²) in [6.07, 6.45) is 3.83. The number of fused-ring (bicyclic) bond motifs is 1. The van der Waals surface area contributed by atoms with E-state index in [1.807, 2.05) is 24.6 Å². The van der Waals surface area contributed by atoms with Crippen LogP contribution in [0.5, 0.6) is 0 Å². The van der Waals surface area contributed by atoms with Gasteiger partial charge in [-0.3, -0.25) is 0 Å². The van der Waals surface area contributed by atoms with E-state index in [0.29, 0.717) is 0 Å². The van der Waals surface area contributed by atoms with Gasteiger partial charge in [-0.2, -0.15) is 5.10 Å². The minimum Gasteiger partial charge on any atom is -0.227 e. The van der Waals surface area contributed by atoms with Gasteiger partial charge in [0.1, 0.15) is 10.8 Å². The predicted molar refractivity (Wildman–Crippen MR) is 70.2 cm³/mol. The summed E-state index contributed by atoms with van der Waals surface area (Å²) in [5.74, 6) is -0.245. The summed E-state index contributed by atoms with van der Waals surface area (Å²) in [7, 11) is 0. The van der Waals surface area contributed by atoms with Crippen molar-refractivity contribution in [3.05, 3.63) is 48.4 Å². The highest BCUT2D eigenvalue weighted by atomic mass is 32.2. The van der Waals surface area contributed by atoms with E-state index in [0.717, 1.165) is 21.9 Å². The molecule has 2 heterocycles. The van der Waals surface area contributed by atoms with Gasteiger partial charge in [0.05, 0.1) is 11.9 Å². The lowest BCUT2D eigenvalue weighted by atomic mass is 10.2. The summed E-state index contributed by atoms with van der Waals surface area (Å²) >= 11 is 1.58. The number of benzene rings is 1. The third-order valence-electron chi connectivity index (χ3n) is 2.64. The first-order valence-corrected chi connectivity index (χ1v) is 6.65. The molecule has 0 saturated heterocycles. The Balaban J connectivity index is 2.10. The molecule has 0 spiro atoms. The normalized spacial score (nSPS) is 11.0. The van der Waals surface area contributed by atoms with Crippen LogP contribution in [0.3, 0.4) is 0 Å². The largest absolute Gasteiger partial charge is 0.227 e. The average Bonchev–Trinajstić information content (AvgIpc) is 2.82. The van der Waals surface area contributed by atoms with Crippen molar-refractivity contribution in [3.8, 4) is 11.3 Å². The Hall–Kier alpha value is -1.88. The molecule has 3 aromatic rings. The molecule has 5 heteroatoms. The van der Waals surface area contributed by atoms with Crippen molar-refractivity contribution in [2.24, 2.45) is 0 Å². The van der Waals surface area contributed by atoms with Gasteiger partial charge in [-0.15, -0.1) is 11.8 Å². The Bertz CT molecular complexity index is 691. The van der Waals surface area contributed by atoms with E-state index in [4.69, 9.17) is 0 Å². The second-order valence-electron chi connectivity index (χ2n) is 3.81. The summed E-state index contributed by atoms with van der Waals surface area (Å²) in [6.45, 7) is 0. The monoisotopic (exact) mass is 259 g/mol. The van der Waals surface area contributed by atoms with Gasteiger partial charge in [0.2, 0.25) is 0 Å². The van der Waals surface area contributed by atoms with Crippen molar-refractivity contribution in [1.82, 2.24) is 14.6 Å². The van der Waals surface area contributed by atoms with Crippen molar-refractivity contribution in [2.45, 2.75) is 5.03 Å². The fourth-order valence-corrected chi connectivity index (χ4v) is 2.11. The molecule has 3 rings (SSSR count). The molecule has 0 saturated carbocycles. The van der Waals surface area contributed by atoms with E-state index < -0.39 is 0 Å². The quantitative estimate of drug-likeness (QED) is 0.662. The second kappa shape index (κ2) is 4.42. The average molecular weight is 259 g/mol. The zero-order valence-electron chi connectivity index (χ0n) is 9.67. The first kappa shape index (κ1) is 11.2. The van der Waals surface area contributed by atoms with E-state index >= 15 is 0 Å². The third kappa shape index (κ3) is 1.97. The highest BCUT2D eigenvalue weighted by Crippen LogP contribution is 2.20. The minimum atomic E-state index is -0.245. The van der Waals surface area contributed by atoms with Gasteiger partial charge < -0.3 is 0 Å². The molecule has 0 N–H and O–H groups in total. The first-order valence-electron chi connectivity index (χ1n) is 5.42. The number of aromatic nitrogens is 3. The van der Waals surface area contributed by atoms with Crippen molar-refractivity contribution in [3.63, 3.8) is 0 Å². The van der Waals surface area contributed by atoms with Crippen molar-refractivity contribution in [2.75, 3.05) is 6.26 Å². The van der Waals surface area contributed by atoms with Gasteiger partial charge in [0, 0.05) is 5.56 Å². The summed E-state index contributed by atoms with van der Waals surface area (Å²) in [6, 6.07) is 10.1. The van der Waals surface area contributed by atoms with E-state index in [9.17, 15) is 4.39 Å². The molecule has 18 heavy (non-hydrogen) atoms. The van der Waals surface area contributed by atoms with Crippen LogP contribution in [0.25, 0.3) is 16.9 Å². The molecule has 90 valence electrons. The van der Waals surface area contributed by atoms with Crippen molar-refractivity contribution < 1.29 is 4.39 Å². The maximum Gasteiger partial charge on any atom is 0.154 e. The first-order chi connectivity index (χ1) is 8.76. The topological polar surface area (TPSA) is 30.2 Å². The molecule has 0 fully saturated rings. The lowest BCUT2D eigenvalue weighted by Gasteiger charge is -1.95. The van der Waals surface area contributed by atoms with Crippen molar-refractivity contribution in [1.29, 1.82) is 0 Å². The summed E-state index contributed by atoms with van der Waals surface area (Å²) in [4.78, 5) is 4.46. The Kier molecular flexibility index (Phi) is 2.76. The fraction of sp³-hybridized carbons (Fsp3) is 0.0769. The Morgan fingerprint density at radius 3 is 2.61 bits per heavy atom. The summed E-state index contributed by atoms with van der Waals surface area (Å²) in [5, 5.41) is 5.34. The lowest BCUT2D eigenvalue weighted by molar-refractivity contribution is 0.628. The van der Waals surface area contributed by atoms with Crippen LogP contribution in [0.15, 0.2) is 47.6 Å². The molecule has 0 bridgehead atoms. The maximum atomic E-state index is 12.9. The zero-order valence-corrected chi connectivity index (χ0v) is 10.5. The number of thioether (sulfide) groups is 1. The second-order valence-corrected chi connectivity index (χ2v) is 4.64. The Labute approximate surface area is 108 Å². The molecule has 0 atom stereocenters. The van der Waals surface area contributed by atoms with E-state index in [1.54, 1.807) is 28.4 Å². The molecule has 0 aliphatic heterocycles. The third-order valence-corrected chi connectivity index (χ3v) is 3.28. The van der Waals surface area contributed by atoms with Crippen LogP contribution in [0.1, 0.15) is 0 Å². The van der Waals surface area contributed by atoms with E-state index in [2.05, 4.69) is 10.1 Å². The predicted octanol–water partition coefficient (Wildman–Crippen LogP) is 3.26. The van der Waals surface area contributed by atoms with E-state index in [-0.39, 0.29) is 5.82 Å². The minimum absolute atomic E-state index is 0.245. The molecule has 0 aliphatic carbocycles. The molecule has 3 nitrogen and oxygen atoms in total. The summed E-state index contributed by atoms with van der Waals surface area (Å²) in [5.41, 5.74) is 2.46. The Morgan fingerprint density at radius 2 is 1.89 bits per heavy atom. The molecule has 0 amide bonds. The highest BCUT2D eigenvalue weighted by Gasteiger charge is 2.05. The lowest BCUT2D eigenvalue weighted by Crippen LogP contribution is -1.90. The smallest absolute Gasteiger partial charge is 0.154 e. The summed E-state index contributed by atoms with van der Waals surface area (Å²) < 4.78 is 14.6. The molecule has 0 aliphatic rings. The number of nitrogens with zero attached hydrogens (tertiary/aromatic N) is 3. The molecule has 0 radical (unpaired) electrons. The SMILES string of the molecule is CSc1ccc2nc(-c3ccc(F)cc3)cn2n1. The van der Waals surface area contributed by atoms with E-state index in [1.165, 1.54) is 12.1 Å². The van der Waals surface area contributed by atoms with Crippen LogP contribution in [0.2, 0.25) is 0 Å². The van der Waals surface area contributed by atoms with Crippen LogP contribution in [0.4, 0.5) is 4.39 Å². The van der Waals surface area contributed by atoms with Gasteiger partial charge >= 0.3 is 0 Å². The molecule has 1 aromatic carbocycles. The van der Waals surface area contributed by atoms with Gasteiger partial charge in [0.15, 0.2) is 5.65 Å². The van der Waals surface area contributed by atoms with Gasteiger partial charge in [-0.05, 0) is 42.7 Å². The zero-order chi connectivity index (χ0) is 12.5. The van der Waals surface area contributed by atoms with Crippen molar-refractivity contribution >= 4 is 17.4 Å². The molecular formula is C13H10FN3S. The van der Waals surface area contributed by atoms with Crippen LogP contribution in [-0.4, -0.2) is 20.9 Å². The Morgan fingerprint density at radius 1 is 1.11 bits per heavy atom. The standard InChI is InChI=1S/C13H10FN3S/c1-18-13-7-6-12-15-11(8-17(12)16-13)9-2-4-10(14)5-3-9/h2-8H,1H3. The number of rotatable bonds is 2. The van der Waals surface area contributed by atoms with Gasteiger partial charge in [-0.25, -0.2) is 13.9 Å². The maximum absolute atomic E-state index is 12.9. The highest BCUT2D eigenvalue weighted by molar-refractivity contribution is 7.98. The van der Waals surface area contributed by atoms with Crippen LogP contribution < -0.4 is 0 Å². The van der Waals surface area contributed by atoms with Crippen LogP contribution in [0, 0.1) is 5.82 Å². The number of halogens is 1. The fourth-order valence-electron chi connectivity index (χ4n) is 1.73. The number of hydrogen-bond donors (Lipinski definition) is 0.